The second-order valence-electron chi connectivity index (χ2n) is 3.74. The van der Waals surface area contributed by atoms with Crippen LogP contribution in [0.4, 0.5) is 0 Å². The first kappa shape index (κ1) is 14.3. The first-order valence-electron chi connectivity index (χ1n) is 5.86. The van der Waals surface area contributed by atoms with Gasteiger partial charge in [-0.2, -0.15) is 0 Å². The lowest BCUT2D eigenvalue weighted by molar-refractivity contribution is -0.132. The molecule has 0 saturated carbocycles. The number of hydrogen-bond donors (Lipinski definition) is 1. The summed E-state index contributed by atoms with van der Waals surface area (Å²) in [4.78, 5) is 10.7. The van der Waals surface area contributed by atoms with Gasteiger partial charge in [-0.05, 0) is 26.0 Å². The van der Waals surface area contributed by atoms with Crippen molar-refractivity contribution in [1.82, 2.24) is 0 Å². The summed E-state index contributed by atoms with van der Waals surface area (Å²) in [5.41, 5.74) is 0.288. The molecule has 1 aromatic carbocycles. The van der Waals surface area contributed by atoms with Crippen LogP contribution >= 0.6 is 0 Å². The second kappa shape index (κ2) is 7.50. The van der Waals surface area contributed by atoms with E-state index < -0.39 is 12.3 Å². The third-order valence-corrected chi connectivity index (χ3v) is 2.32. The zero-order chi connectivity index (χ0) is 13.4. The highest BCUT2D eigenvalue weighted by Gasteiger charge is 2.09. The molecule has 4 nitrogen and oxygen atoms in total. The SMILES string of the molecule is CCOC(CC=C(C)C(=O)O)Oc1ccccc1. The van der Waals surface area contributed by atoms with Crippen LogP contribution in [0.1, 0.15) is 20.3 Å². The minimum absolute atomic E-state index is 0.288. The van der Waals surface area contributed by atoms with E-state index in [1.165, 1.54) is 0 Å². The second-order valence-corrected chi connectivity index (χ2v) is 3.74. The lowest BCUT2D eigenvalue weighted by Gasteiger charge is -2.17. The fraction of sp³-hybridized carbons (Fsp3) is 0.357. The first-order valence-corrected chi connectivity index (χ1v) is 5.86. The maximum Gasteiger partial charge on any atom is 0.330 e. The van der Waals surface area contributed by atoms with Gasteiger partial charge in [-0.1, -0.05) is 24.3 Å². The van der Waals surface area contributed by atoms with Gasteiger partial charge >= 0.3 is 5.97 Å². The Hall–Kier alpha value is -1.81. The number of rotatable bonds is 7. The summed E-state index contributed by atoms with van der Waals surface area (Å²) in [5, 5.41) is 8.76. The maximum atomic E-state index is 10.7. The Morgan fingerprint density at radius 3 is 2.61 bits per heavy atom. The Labute approximate surface area is 107 Å². The van der Waals surface area contributed by atoms with Crippen LogP contribution in [0.25, 0.3) is 0 Å². The van der Waals surface area contributed by atoms with E-state index in [1.807, 2.05) is 37.3 Å². The van der Waals surface area contributed by atoms with E-state index in [4.69, 9.17) is 14.6 Å². The first-order chi connectivity index (χ1) is 8.63. The number of ether oxygens (including phenoxy) is 2. The van der Waals surface area contributed by atoms with Gasteiger partial charge < -0.3 is 14.6 Å². The monoisotopic (exact) mass is 250 g/mol. The van der Waals surface area contributed by atoms with Crippen molar-refractivity contribution in [2.75, 3.05) is 6.61 Å². The van der Waals surface area contributed by atoms with E-state index in [2.05, 4.69) is 0 Å². The molecule has 0 amide bonds. The normalized spacial score (nSPS) is 13.1. The van der Waals surface area contributed by atoms with Crippen molar-refractivity contribution < 1.29 is 19.4 Å². The van der Waals surface area contributed by atoms with E-state index in [9.17, 15) is 4.79 Å². The van der Waals surface area contributed by atoms with Crippen molar-refractivity contribution in [2.24, 2.45) is 0 Å². The van der Waals surface area contributed by atoms with Crippen LogP contribution < -0.4 is 4.74 Å². The lowest BCUT2D eigenvalue weighted by Crippen LogP contribution is -2.20. The molecule has 0 radical (unpaired) electrons. The van der Waals surface area contributed by atoms with Crippen LogP contribution in [0.5, 0.6) is 5.75 Å². The molecule has 1 atom stereocenters. The number of carboxylic acids is 1. The van der Waals surface area contributed by atoms with Crippen LogP contribution in [0.15, 0.2) is 42.0 Å². The molecule has 1 rings (SSSR count). The van der Waals surface area contributed by atoms with Crippen molar-refractivity contribution >= 4 is 5.97 Å². The molecule has 0 spiro atoms. The number of benzene rings is 1. The minimum atomic E-state index is -0.926. The van der Waals surface area contributed by atoms with Crippen molar-refractivity contribution in [2.45, 2.75) is 26.6 Å². The highest BCUT2D eigenvalue weighted by Crippen LogP contribution is 2.14. The maximum absolute atomic E-state index is 10.7. The predicted molar refractivity (Wildman–Crippen MR) is 68.5 cm³/mol. The highest BCUT2D eigenvalue weighted by molar-refractivity contribution is 5.85. The van der Waals surface area contributed by atoms with E-state index in [1.54, 1.807) is 13.0 Å². The van der Waals surface area contributed by atoms with Crippen molar-refractivity contribution in [3.8, 4) is 5.75 Å². The largest absolute Gasteiger partial charge is 0.478 e. The summed E-state index contributed by atoms with van der Waals surface area (Å²) < 4.78 is 11.0. The Morgan fingerprint density at radius 2 is 2.06 bits per heavy atom. The molecule has 0 aromatic heterocycles. The quantitative estimate of drug-likeness (QED) is 0.597. The average molecular weight is 250 g/mol. The molecule has 0 heterocycles. The van der Waals surface area contributed by atoms with E-state index >= 15 is 0 Å². The van der Waals surface area contributed by atoms with Gasteiger partial charge in [0.2, 0.25) is 6.29 Å². The fourth-order valence-corrected chi connectivity index (χ4v) is 1.35. The molecule has 4 heteroatoms. The van der Waals surface area contributed by atoms with Gasteiger partial charge in [0, 0.05) is 18.6 Å². The fourth-order valence-electron chi connectivity index (χ4n) is 1.35. The number of hydrogen-bond acceptors (Lipinski definition) is 3. The molecule has 98 valence electrons. The molecule has 0 bridgehead atoms. The molecular weight excluding hydrogens is 232 g/mol. The summed E-state index contributed by atoms with van der Waals surface area (Å²) in [6.07, 6.45) is 1.54. The summed E-state index contributed by atoms with van der Waals surface area (Å²) in [6, 6.07) is 9.31. The number of carbonyl (C=O) groups is 1. The third-order valence-electron chi connectivity index (χ3n) is 2.32. The summed E-state index contributed by atoms with van der Waals surface area (Å²) >= 11 is 0. The Bertz CT molecular complexity index is 398. The van der Waals surface area contributed by atoms with Gasteiger partial charge in [0.1, 0.15) is 5.75 Å². The average Bonchev–Trinajstić information content (AvgIpc) is 2.37. The topological polar surface area (TPSA) is 55.8 Å². The lowest BCUT2D eigenvalue weighted by atomic mass is 10.2. The summed E-state index contributed by atoms with van der Waals surface area (Å²) in [6.45, 7) is 3.93. The predicted octanol–water partition coefficient (Wildman–Crippen LogP) is 2.85. The molecule has 0 aliphatic carbocycles. The van der Waals surface area contributed by atoms with Crippen molar-refractivity contribution in [3.63, 3.8) is 0 Å². The number of para-hydroxylation sites is 1. The zero-order valence-corrected chi connectivity index (χ0v) is 10.6. The van der Waals surface area contributed by atoms with Gasteiger partial charge in [-0.25, -0.2) is 4.79 Å². The highest BCUT2D eigenvalue weighted by atomic mass is 16.7. The van der Waals surface area contributed by atoms with Gasteiger partial charge in [0.15, 0.2) is 0 Å². The molecule has 1 N–H and O–H groups in total. The molecule has 1 aromatic rings. The van der Waals surface area contributed by atoms with Gasteiger partial charge in [0.25, 0.3) is 0 Å². The van der Waals surface area contributed by atoms with Gasteiger partial charge in [-0.15, -0.1) is 0 Å². The Balaban J connectivity index is 2.60. The van der Waals surface area contributed by atoms with E-state index in [-0.39, 0.29) is 5.57 Å². The third kappa shape index (κ3) is 5.01. The molecular formula is C14H18O4. The Morgan fingerprint density at radius 1 is 1.39 bits per heavy atom. The van der Waals surface area contributed by atoms with Crippen molar-refractivity contribution in [3.05, 3.63) is 42.0 Å². The molecule has 0 saturated heterocycles. The number of carboxylic acid groups (broad SMARTS) is 1. The van der Waals surface area contributed by atoms with Gasteiger partial charge in [-0.3, -0.25) is 0 Å². The van der Waals surface area contributed by atoms with Crippen molar-refractivity contribution in [1.29, 1.82) is 0 Å². The summed E-state index contributed by atoms with van der Waals surface area (Å²) in [7, 11) is 0. The molecule has 0 fully saturated rings. The van der Waals surface area contributed by atoms with Crippen LogP contribution in [0.3, 0.4) is 0 Å². The number of aliphatic carboxylic acids is 1. The Kier molecular flexibility index (Phi) is 5.94. The molecule has 0 aliphatic heterocycles. The molecule has 18 heavy (non-hydrogen) atoms. The molecule has 0 aliphatic rings. The standard InChI is InChI=1S/C14H18O4/c1-3-17-13(10-9-11(2)14(15)16)18-12-7-5-4-6-8-12/h4-9,13H,3,10H2,1-2H3,(H,15,16). The summed E-state index contributed by atoms with van der Waals surface area (Å²) in [5.74, 6) is -0.220. The molecule has 1 unspecified atom stereocenters. The smallest absolute Gasteiger partial charge is 0.330 e. The van der Waals surface area contributed by atoms with E-state index in [0.717, 1.165) is 0 Å². The zero-order valence-electron chi connectivity index (χ0n) is 10.6. The minimum Gasteiger partial charge on any atom is -0.478 e. The van der Waals surface area contributed by atoms with Crippen LogP contribution in [-0.4, -0.2) is 24.0 Å². The van der Waals surface area contributed by atoms with E-state index in [0.29, 0.717) is 18.8 Å². The van der Waals surface area contributed by atoms with Crippen LogP contribution in [0, 0.1) is 0 Å². The van der Waals surface area contributed by atoms with Crippen LogP contribution in [-0.2, 0) is 9.53 Å². The van der Waals surface area contributed by atoms with Gasteiger partial charge in [0.05, 0.1) is 0 Å². The van der Waals surface area contributed by atoms with Crippen LogP contribution in [0.2, 0.25) is 0 Å².